The lowest BCUT2D eigenvalue weighted by molar-refractivity contribution is -0.305. The highest BCUT2D eigenvalue weighted by Crippen LogP contribution is 2.03. The van der Waals surface area contributed by atoms with Crippen LogP contribution in [0.1, 0.15) is 6.42 Å². The summed E-state index contributed by atoms with van der Waals surface area (Å²) in [5.74, 6) is -2.22. The number of carboxylic acid groups (broad SMARTS) is 1. The van der Waals surface area contributed by atoms with Crippen molar-refractivity contribution in [1.29, 1.82) is 0 Å². The van der Waals surface area contributed by atoms with Crippen molar-refractivity contribution < 1.29 is 19.5 Å². The maximum absolute atomic E-state index is 10.8. The standard InChI is InChI=1S/C7H7NO4/c9-5-1-2-6(10)8(5)4-3-7(11)12/h1-2H,3-4H2,(H,11,12)/p-1. The normalized spacial score (nSPS) is 15.8. The number of imide groups is 1. The number of rotatable bonds is 3. The van der Waals surface area contributed by atoms with Crippen LogP contribution in [0.4, 0.5) is 0 Å². The Balaban J connectivity index is 2.48. The Morgan fingerprint density at radius 1 is 1.33 bits per heavy atom. The third-order valence-corrected chi connectivity index (χ3v) is 1.44. The molecule has 0 N–H and O–H groups in total. The van der Waals surface area contributed by atoms with E-state index in [-0.39, 0.29) is 13.0 Å². The number of carbonyl (C=O) groups is 3. The Morgan fingerprint density at radius 2 is 1.83 bits per heavy atom. The minimum Gasteiger partial charge on any atom is -0.550 e. The molecule has 64 valence electrons. The SMILES string of the molecule is O=C([O-])CCN1C(=O)C=CC1=O. The summed E-state index contributed by atoms with van der Waals surface area (Å²) >= 11 is 0. The van der Waals surface area contributed by atoms with Crippen LogP contribution < -0.4 is 5.11 Å². The lowest BCUT2D eigenvalue weighted by atomic mass is 10.4. The second kappa shape index (κ2) is 3.17. The average molecular weight is 168 g/mol. The second-order valence-electron chi connectivity index (χ2n) is 2.28. The van der Waals surface area contributed by atoms with Crippen molar-refractivity contribution in [2.75, 3.05) is 6.54 Å². The third kappa shape index (κ3) is 1.69. The molecule has 0 saturated heterocycles. The predicted molar refractivity (Wildman–Crippen MR) is 35.5 cm³/mol. The van der Waals surface area contributed by atoms with E-state index in [1.165, 1.54) is 0 Å². The van der Waals surface area contributed by atoms with E-state index in [9.17, 15) is 19.5 Å². The Labute approximate surface area is 68.3 Å². The van der Waals surface area contributed by atoms with Crippen molar-refractivity contribution in [3.63, 3.8) is 0 Å². The van der Waals surface area contributed by atoms with E-state index >= 15 is 0 Å². The molecule has 0 atom stereocenters. The molecule has 5 heteroatoms. The maximum Gasteiger partial charge on any atom is 0.253 e. The van der Waals surface area contributed by atoms with Gasteiger partial charge in [-0.2, -0.15) is 0 Å². The van der Waals surface area contributed by atoms with Crippen LogP contribution >= 0.6 is 0 Å². The third-order valence-electron chi connectivity index (χ3n) is 1.44. The van der Waals surface area contributed by atoms with Crippen molar-refractivity contribution >= 4 is 17.8 Å². The molecule has 0 bridgehead atoms. The smallest absolute Gasteiger partial charge is 0.253 e. The fourth-order valence-electron chi connectivity index (χ4n) is 0.855. The minimum absolute atomic E-state index is 0.118. The molecule has 0 unspecified atom stereocenters. The first-order valence-electron chi connectivity index (χ1n) is 3.34. The van der Waals surface area contributed by atoms with Gasteiger partial charge in [-0.25, -0.2) is 0 Å². The minimum atomic E-state index is -1.28. The molecular formula is C7H6NO4-. The zero-order valence-electron chi connectivity index (χ0n) is 6.15. The van der Waals surface area contributed by atoms with Crippen LogP contribution in [0, 0.1) is 0 Å². The molecule has 1 aliphatic rings. The van der Waals surface area contributed by atoms with Gasteiger partial charge >= 0.3 is 0 Å². The van der Waals surface area contributed by atoms with Gasteiger partial charge in [-0.05, 0) is 0 Å². The molecule has 2 amide bonds. The van der Waals surface area contributed by atoms with Crippen molar-refractivity contribution in [3.05, 3.63) is 12.2 Å². The van der Waals surface area contributed by atoms with Gasteiger partial charge in [-0.3, -0.25) is 14.5 Å². The molecule has 0 aromatic heterocycles. The van der Waals surface area contributed by atoms with Gasteiger partial charge in [0.25, 0.3) is 11.8 Å². The van der Waals surface area contributed by atoms with Crippen molar-refractivity contribution in [2.24, 2.45) is 0 Å². The molecule has 0 aromatic rings. The number of carboxylic acids is 1. The number of hydrogen-bond acceptors (Lipinski definition) is 4. The number of hydrogen-bond donors (Lipinski definition) is 0. The number of carbonyl (C=O) groups excluding carboxylic acids is 3. The maximum atomic E-state index is 10.8. The van der Waals surface area contributed by atoms with Crippen LogP contribution in [-0.4, -0.2) is 29.2 Å². The van der Waals surface area contributed by atoms with E-state index in [1.54, 1.807) is 0 Å². The number of aliphatic carboxylic acids is 1. The van der Waals surface area contributed by atoms with E-state index < -0.39 is 17.8 Å². The van der Waals surface area contributed by atoms with E-state index in [0.717, 1.165) is 17.1 Å². The molecule has 1 heterocycles. The lowest BCUT2D eigenvalue weighted by Gasteiger charge is -2.13. The molecule has 0 aliphatic carbocycles. The van der Waals surface area contributed by atoms with Crippen molar-refractivity contribution in [3.8, 4) is 0 Å². The van der Waals surface area contributed by atoms with Crippen LogP contribution in [-0.2, 0) is 14.4 Å². The summed E-state index contributed by atoms with van der Waals surface area (Å²) < 4.78 is 0. The molecule has 0 fully saturated rings. The van der Waals surface area contributed by atoms with Gasteiger partial charge in [0.05, 0.1) is 0 Å². The highest BCUT2D eigenvalue weighted by molar-refractivity contribution is 6.12. The van der Waals surface area contributed by atoms with Gasteiger partial charge in [-0.1, -0.05) is 0 Å². The molecule has 12 heavy (non-hydrogen) atoms. The number of amides is 2. The lowest BCUT2D eigenvalue weighted by Crippen LogP contribution is -2.35. The monoisotopic (exact) mass is 168 g/mol. The van der Waals surface area contributed by atoms with Crippen molar-refractivity contribution in [1.82, 2.24) is 4.90 Å². The van der Waals surface area contributed by atoms with Crippen LogP contribution in [0.15, 0.2) is 12.2 Å². The van der Waals surface area contributed by atoms with E-state index in [2.05, 4.69) is 0 Å². The summed E-state index contributed by atoms with van der Waals surface area (Å²) in [7, 11) is 0. The fourth-order valence-corrected chi connectivity index (χ4v) is 0.855. The topological polar surface area (TPSA) is 77.5 Å². The summed E-state index contributed by atoms with van der Waals surface area (Å²) in [6.45, 7) is -0.118. The first-order valence-corrected chi connectivity index (χ1v) is 3.34. The van der Waals surface area contributed by atoms with Crippen LogP contribution in [0.5, 0.6) is 0 Å². The second-order valence-corrected chi connectivity index (χ2v) is 2.28. The zero-order chi connectivity index (χ0) is 9.14. The number of nitrogens with zero attached hydrogens (tertiary/aromatic N) is 1. The summed E-state index contributed by atoms with van der Waals surface area (Å²) in [6, 6.07) is 0. The first-order chi connectivity index (χ1) is 5.61. The predicted octanol–water partition coefficient (Wildman–Crippen LogP) is -1.95. The van der Waals surface area contributed by atoms with Gasteiger partial charge in [-0.15, -0.1) is 0 Å². The van der Waals surface area contributed by atoms with Gasteiger partial charge < -0.3 is 9.90 Å². The fraction of sp³-hybridized carbons (Fsp3) is 0.286. The Bertz CT molecular complexity index is 251. The molecule has 5 nitrogen and oxygen atoms in total. The molecule has 0 radical (unpaired) electrons. The zero-order valence-corrected chi connectivity index (χ0v) is 6.15. The molecule has 0 saturated carbocycles. The summed E-state index contributed by atoms with van der Waals surface area (Å²) in [4.78, 5) is 32.4. The Hall–Kier alpha value is -1.65. The van der Waals surface area contributed by atoms with Crippen molar-refractivity contribution in [2.45, 2.75) is 6.42 Å². The van der Waals surface area contributed by atoms with E-state index in [1.807, 2.05) is 0 Å². The molecule has 1 rings (SSSR count). The van der Waals surface area contributed by atoms with Gasteiger partial charge in [0.2, 0.25) is 0 Å². The van der Waals surface area contributed by atoms with Crippen LogP contribution in [0.25, 0.3) is 0 Å². The van der Waals surface area contributed by atoms with Gasteiger partial charge in [0, 0.05) is 31.1 Å². The highest BCUT2D eigenvalue weighted by atomic mass is 16.4. The van der Waals surface area contributed by atoms with Gasteiger partial charge in [0.1, 0.15) is 0 Å². The summed E-state index contributed by atoms with van der Waals surface area (Å²) in [6.07, 6.45) is 1.90. The largest absolute Gasteiger partial charge is 0.550 e. The van der Waals surface area contributed by atoms with E-state index in [0.29, 0.717) is 0 Å². The highest BCUT2D eigenvalue weighted by Gasteiger charge is 2.22. The molecule has 0 aromatic carbocycles. The van der Waals surface area contributed by atoms with Crippen LogP contribution in [0.2, 0.25) is 0 Å². The molecular weight excluding hydrogens is 162 g/mol. The summed E-state index contributed by atoms with van der Waals surface area (Å²) in [5.41, 5.74) is 0. The van der Waals surface area contributed by atoms with Gasteiger partial charge in [0.15, 0.2) is 0 Å². The van der Waals surface area contributed by atoms with Crippen LogP contribution in [0.3, 0.4) is 0 Å². The first kappa shape index (κ1) is 8.45. The average Bonchev–Trinajstić information content (AvgIpc) is 2.28. The Morgan fingerprint density at radius 3 is 2.25 bits per heavy atom. The molecule has 1 aliphatic heterocycles. The molecule has 0 spiro atoms. The Kier molecular flexibility index (Phi) is 2.23. The quantitative estimate of drug-likeness (QED) is 0.459. The van der Waals surface area contributed by atoms with E-state index in [4.69, 9.17) is 0 Å². The summed E-state index contributed by atoms with van der Waals surface area (Å²) in [5, 5.41) is 9.99.